The normalized spacial score (nSPS) is 12.0. The number of hydrogen-bond acceptors (Lipinski definition) is 6. The molecule has 0 spiro atoms. The van der Waals surface area contributed by atoms with Crippen LogP contribution in [0.2, 0.25) is 5.02 Å². The lowest BCUT2D eigenvalue weighted by Gasteiger charge is -2.10. The molecule has 8 nitrogen and oxygen atoms in total. The van der Waals surface area contributed by atoms with Gasteiger partial charge in [-0.05, 0) is 51.0 Å². The SMILES string of the molecule is CC(=O)c1c(C)[nH]c(C(=O)C(C)OC(=O)/C=C/c2ccc(Cl)c([N+](=O)[O-])c2)c1C. The summed E-state index contributed by atoms with van der Waals surface area (Å²) < 4.78 is 5.11. The lowest BCUT2D eigenvalue weighted by molar-refractivity contribution is -0.384. The van der Waals surface area contributed by atoms with Gasteiger partial charge in [-0.15, -0.1) is 0 Å². The van der Waals surface area contributed by atoms with E-state index in [2.05, 4.69) is 4.98 Å². The van der Waals surface area contributed by atoms with Gasteiger partial charge in [-0.1, -0.05) is 17.7 Å². The number of rotatable bonds is 7. The maximum absolute atomic E-state index is 12.6. The number of aryl methyl sites for hydroxylation is 1. The molecule has 0 bridgehead atoms. The van der Waals surface area contributed by atoms with E-state index in [0.29, 0.717) is 22.4 Å². The van der Waals surface area contributed by atoms with Crippen LogP contribution in [0, 0.1) is 24.0 Å². The number of hydrogen-bond donors (Lipinski definition) is 1. The van der Waals surface area contributed by atoms with Gasteiger partial charge in [-0.25, -0.2) is 4.79 Å². The number of aromatic nitrogens is 1. The second-order valence-electron chi connectivity index (χ2n) is 6.43. The Morgan fingerprint density at radius 2 is 1.93 bits per heavy atom. The quantitative estimate of drug-likeness (QED) is 0.236. The number of aromatic amines is 1. The maximum Gasteiger partial charge on any atom is 0.331 e. The van der Waals surface area contributed by atoms with E-state index in [1.807, 2.05) is 0 Å². The molecule has 0 aliphatic rings. The molecule has 1 aromatic heterocycles. The Morgan fingerprint density at radius 1 is 1.28 bits per heavy atom. The van der Waals surface area contributed by atoms with Crippen molar-refractivity contribution >= 4 is 40.9 Å². The first-order chi connectivity index (χ1) is 13.5. The minimum absolute atomic E-state index is 0.0181. The average molecular weight is 419 g/mol. The summed E-state index contributed by atoms with van der Waals surface area (Å²) >= 11 is 5.74. The first-order valence-electron chi connectivity index (χ1n) is 8.59. The third kappa shape index (κ3) is 4.97. The van der Waals surface area contributed by atoms with Crippen molar-refractivity contribution in [2.45, 2.75) is 33.8 Å². The monoisotopic (exact) mass is 418 g/mol. The molecule has 0 amide bonds. The predicted molar refractivity (Wildman–Crippen MR) is 107 cm³/mol. The molecule has 9 heteroatoms. The Balaban J connectivity index is 2.11. The van der Waals surface area contributed by atoms with Gasteiger partial charge in [0.2, 0.25) is 5.78 Å². The maximum atomic E-state index is 12.6. The minimum Gasteiger partial charge on any atom is -0.451 e. The van der Waals surface area contributed by atoms with Gasteiger partial charge < -0.3 is 9.72 Å². The van der Waals surface area contributed by atoms with Crippen LogP contribution >= 0.6 is 11.6 Å². The Bertz CT molecular complexity index is 1040. The number of ether oxygens (including phenoxy) is 1. The van der Waals surface area contributed by atoms with Crippen LogP contribution in [-0.4, -0.2) is 33.5 Å². The van der Waals surface area contributed by atoms with E-state index >= 15 is 0 Å². The summed E-state index contributed by atoms with van der Waals surface area (Å²) in [5.74, 6) is -1.43. The number of nitrogens with zero attached hydrogens (tertiary/aromatic N) is 1. The van der Waals surface area contributed by atoms with E-state index in [1.165, 1.54) is 38.1 Å². The smallest absolute Gasteiger partial charge is 0.331 e. The van der Waals surface area contributed by atoms with Crippen LogP contribution in [0.15, 0.2) is 24.3 Å². The summed E-state index contributed by atoms with van der Waals surface area (Å²) in [4.78, 5) is 49.5. The largest absolute Gasteiger partial charge is 0.451 e. The summed E-state index contributed by atoms with van der Waals surface area (Å²) in [6.07, 6.45) is 1.29. The van der Waals surface area contributed by atoms with Crippen molar-refractivity contribution in [3.63, 3.8) is 0 Å². The number of carbonyl (C=O) groups excluding carboxylic acids is 3. The molecule has 0 radical (unpaired) electrons. The molecule has 1 N–H and O–H groups in total. The van der Waals surface area contributed by atoms with E-state index < -0.39 is 22.8 Å². The Morgan fingerprint density at radius 3 is 2.48 bits per heavy atom. The molecule has 0 aliphatic heterocycles. The van der Waals surface area contributed by atoms with E-state index in [1.54, 1.807) is 13.8 Å². The van der Waals surface area contributed by atoms with Gasteiger partial charge >= 0.3 is 5.97 Å². The zero-order valence-electron chi connectivity index (χ0n) is 16.2. The highest BCUT2D eigenvalue weighted by molar-refractivity contribution is 6.32. The molecule has 1 aromatic carbocycles. The van der Waals surface area contributed by atoms with Crippen molar-refractivity contribution < 1.29 is 24.0 Å². The number of benzene rings is 1. The first-order valence-corrected chi connectivity index (χ1v) is 8.97. The van der Waals surface area contributed by atoms with Gasteiger partial charge in [-0.2, -0.15) is 0 Å². The molecule has 0 saturated heterocycles. The fourth-order valence-corrected chi connectivity index (χ4v) is 3.12. The van der Waals surface area contributed by atoms with Crippen LogP contribution in [0.25, 0.3) is 6.08 Å². The van der Waals surface area contributed by atoms with Crippen molar-refractivity contribution in [1.82, 2.24) is 4.98 Å². The van der Waals surface area contributed by atoms with Crippen molar-refractivity contribution in [2.24, 2.45) is 0 Å². The molecular formula is C20H19ClN2O6. The predicted octanol–water partition coefficient (Wildman–Crippen LogP) is 4.22. The van der Waals surface area contributed by atoms with Crippen molar-refractivity contribution in [3.8, 4) is 0 Å². The number of Topliss-reactive ketones (excluding diaryl/α,β-unsaturated/α-hetero) is 2. The van der Waals surface area contributed by atoms with Gasteiger partial charge in [0.15, 0.2) is 11.9 Å². The molecule has 1 atom stereocenters. The van der Waals surface area contributed by atoms with Crippen LogP contribution < -0.4 is 0 Å². The highest BCUT2D eigenvalue weighted by Crippen LogP contribution is 2.25. The summed E-state index contributed by atoms with van der Waals surface area (Å²) in [5.41, 5.74) is 1.82. The first kappa shape index (κ1) is 22.0. The van der Waals surface area contributed by atoms with Gasteiger partial charge in [-0.3, -0.25) is 19.7 Å². The van der Waals surface area contributed by atoms with Crippen molar-refractivity contribution in [1.29, 1.82) is 0 Å². The van der Waals surface area contributed by atoms with Crippen LogP contribution in [0.3, 0.4) is 0 Å². The summed E-state index contributed by atoms with van der Waals surface area (Å²) in [6, 6.07) is 4.07. The van der Waals surface area contributed by atoms with E-state index in [0.717, 1.165) is 6.08 Å². The molecule has 0 aliphatic carbocycles. The molecule has 1 unspecified atom stereocenters. The Hall–Kier alpha value is -3.26. The van der Waals surface area contributed by atoms with Crippen LogP contribution in [0.4, 0.5) is 5.69 Å². The minimum atomic E-state index is -1.09. The lowest BCUT2D eigenvalue weighted by atomic mass is 10.0. The second-order valence-corrected chi connectivity index (χ2v) is 6.83. The fourth-order valence-electron chi connectivity index (χ4n) is 2.93. The number of carbonyl (C=O) groups is 3. The summed E-state index contributed by atoms with van der Waals surface area (Å²) in [7, 11) is 0. The molecular weight excluding hydrogens is 400 g/mol. The number of nitro benzene ring substituents is 1. The summed E-state index contributed by atoms with van der Waals surface area (Å²) in [5, 5.41) is 10.9. The van der Waals surface area contributed by atoms with Gasteiger partial charge in [0.25, 0.3) is 5.69 Å². The third-order valence-corrected chi connectivity index (χ3v) is 4.60. The lowest BCUT2D eigenvalue weighted by Crippen LogP contribution is -2.24. The highest BCUT2D eigenvalue weighted by Gasteiger charge is 2.25. The number of ketones is 2. The van der Waals surface area contributed by atoms with Crippen molar-refractivity contribution in [3.05, 3.63) is 67.5 Å². The zero-order valence-corrected chi connectivity index (χ0v) is 17.0. The number of nitro groups is 1. The topological polar surface area (TPSA) is 119 Å². The van der Waals surface area contributed by atoms with E-state index in [9.17, 15) is 24.5 Å². The van der Waals surface area contributed by atoms with Gasteiger partial charge in [0, 0.05) is 23.4 Å². The number of halogens is 1. The Kier molecular flexibility index (Phi) is 6.71. The Labute approximate surface area is 171 Å². The molecule has 152 valence electrons. The van der Waals surface area contributed by atoms with Gasteiger partial charge in [0.1, 0.15) is 5.02 Å². The number of H-pyrrole nitrogens is 1. The molecule has 0 fully saturated rings. The second kappa shape index (κ2) is 8.83. The zero-order chi connectivity index (χ0) is 21.9. The standard InChI is InChI=1S/C20H19ClN2O6/c1-10-18(12(3)24)11(2)22-19(10)20(26)13(4)29-17(25)8-6-14-5-7-15(21)16(9-14)23(27)28/h5-9,13,22H,1-4H3/b8-6+. The van der Waals surface area contributed by atoms with E-state index in [4.69, 9.17) is 16.3 Å². The molecule has 2 rings (SSSR count). The molecule has 29 heavy (non-hydrogen) atoms. The molecule has 1 heterocycles. The summed E-state index contributed by atoms with van der Waals surface area (Å²) in [6.45, 7) is 6.16. The average Bonchev–Trinajstić information content (AvgIpc) is 2.94. The van der Waals surface area contributed by atoms with Gasteiger partial charge in [0.05, 0.1) is 10.6 Å². The molecule has 2 aromatic rings. The van der Waals surface area contributed by atoms with Crippen LogP contribution in [0.1, 0.15) is 51.5 Å². The number of nitrogens with one attached hydrogen (secondary N) is 1. The van der Waals surface area contributed by atoms with Crippen LogP contribution in [-0.2, 0) is 9.53 Å². The molecule has 0 saturated carbocycles. The van der Waals surface area contributed by atoms with E-state index in [-0.39, 0.29) is 22.2 Å². The third-order valence-electron chi connectivity index (χ3n) is 4.28. The van der Waals surface area contributed by atoms with Crippen molar-refractivity contribution in [2.75, 3.05) is 0 Å². The fraction of sp³-hybridized carbons (Fsp3) is 0.250. The highest BCUT2D eigenvalue weighted by atomic mass is 35.5. The number of esters is 1. The van der Waals surface area contributed by atoms with Crippen LogP contribution in [0.5, 0.6) is 0 Å².